The van der Waals surface area contributed by atoms with Crippen LogP contribution in [0.3, 0.4) is 0 Å². The van der Waals surface area contributed by atoms with Crippen LogP contribution in [0.15, 0.2) is 89.7 Å². The molecule has 0 saturated carbocycles. The van der Waals surface area contributed by atoms with Crippen LogP contribution < -0.4 is 5.32 Å². The summed E-state index contributed by atoms with van der Waals surface area (Å²) in [6, 6.07) is 20.4. The van der Waals surface area contributed by atoms with E-state index in [2.05, 4.69) is 39.5 Å². The Morgan fingerprint density at radius 2 is 1.56 bits per heavy atom. The molecule has 2 heterocycles. The number of aliphatic imine (C=N–C) groups is 1. The lowest BCUT2D eigenvalue weighted by Gasteiger charge is -2.38. The highest BCUT2D eigenvalue weighted by molar-refractivity contribution is 6.14. The summed E-state index contributed by atoms with van der Waals surface area (Å²) in [4.78, 5) is 19.8. The summed E-state index contributed by atoms with van der Waals surface area (Å²) >= 11 is 0. The lowest BCUT2D eigenvalue weighted by atomic mass is 9.83. The molecule has 0 spiro atoms. The van der Waals surface area contributed by atoms with Crippen molar-refractivity contribution in [2.45, 2.75) is 25.3 Å². The summed E-state index contributed by atoms with van der Waals surface area (Å²) in [6.07, 6.45) is 7.17. The van der Waals surface area contributed by atoms with Gasteiger partial charge in [-0.25, -0.2) is 0 Å². The van der Waals surface area contributed by atoms with Gasteiger partial charge in [0.1, 0.15) is 5.54 Å². The molecule has 0 fully saturated rings. The van der Waals surface area contributed by atoms with Crippen LogP contribution in [-0.4, -0.2) is 28.7 Å². The lowest BCUT2D eigenvalue weighted by Crippen LogP contribution is -2.53. The van der Waals surface area contributed by atoms with E-state index in [-0.39, 0.29) is 5.91 Å². The largest absolute Gasteiger partial charge is 0.382 e. The highest BCUT2D eigenvalue weighted by atomic mass is 16.2. The maximum atomic E-state index is 13.3. The zero-order valence-corrected chi connectivity index (χ0v) is 15.4. The van der Waals surface area contributed by atoms with Crippen LogP contribution in [0.2, 0.25) is 0 Å². The smallest absolute Gasteiger partial charge is 0.274 e. The summed E-state index contributed by atoms with van der Waals surface area (Å²) in [5, 5.41) is 3.33. The van der Waals surface area contributed by atoms with Crippen molar-refractivity contribution in [1.82, 2.24) is 10.2 Å². The maximum Gasteiger partial charge on any atom is 0.274 e. The Morgan fingerprint density at radius 3 is 2.11 bits per heavy atom. The molecule has 1 amide bonds. The standard InChI is InChI=1S/C23H23N3O/c1-2-24-20-14-9-15-26-21(20)25-22(27)23(26,16-18-10-5-3-6-11-18)17-19-12-7-4-8-13-19/h3-15,24H,2,16-17H2,1H3. The fraction of sp³-hybridized carbons (Fsp3) is 0.217. The Labute approximate surface area is 159 Å². The van der Waals surface area contributed by atoms with Crippen LogP contribution in [0.5, 0.6) is 0 Å². The SMILES string of the molecule is CCNC1=CC=CN2C1=NC(=O)C2(Cc1ccccc1)Cc1ccccc1. The minimum atomic E-state index is -0.747. The molecule has 4 rings (SSSR count). The first-order valence-corrected chi connectivity index (χ1v) is 9.36. The number of amides is 1. The van der Waals surface area contributed by atoms with E-state index in [1.807, 2.05) is 61.7 Å². The number of nitrogens with one attached hydrogen (secondary N) is 1. The molecule has 2 aromatic carbocycles. The summed E-state index contributed by atoms with van der Waals surface area (Å²) in [5.41, 5.74) is 2.41. The van der Waals surface area contributed by atoms with Gasteiger partial charge < -0.3 is 10.2 Å². The summed E-state index contributed by atoms with van der Waals surface area (Å²) in [5.74, 6) is 0.636. The normalized spacial score (nSPS) is 17.4. The first-order valence-electron chi connectivity index (χ1n) is 9.36. The second-order valence-corrected chi connectivity index (χ2v) is 6.92. The predicted octanol–water partition coefficient (Wildman–Crippen LogP) is 3.47. The highest BCUT2D eigenvalue weighted by Crippen LogP contribution is 2.35. The van der Waals surface area contributed by atoms with E-state index in [1.54, 1.807) is 0 Å². The van der Waals surface area contributed by atoms with Gasteiger partial charge in [-0.3, -0.25) is 4.79 Å². The zero-order valence-electron chi connectivity index (χ0n) is 15.4. The van der Waals surface area contributed by atoms with Gasteiger partial charge in [-0.05, 0) is 30.2 Å². The molecule has 2 aliphatic rings. The first kappa shape index (κ1) is 17.3. The number of nitrogens with zero attached hydrogens (tertiary/aromatic N) is 2. The molecule has 1 N–H and O–H groups in total. The molecule has 2 aliphatic heterocycles. The monoisotopic (exact) mass is 357 g/mol. The minimum Gasteiger partial charge on any atom is -0.382 e. The van der Waals surface area contributed by atoms with E-state index in [0.29, 0.717) is 12.8 Å². The number of amidine groups is 1. The van der Waals surface area contributed by atoms with Crippen molar-refractivity contribution in [2.24, 2.45) is 4.99 Å². The van der Waals surface area contributed by atoms with Gasteiger partial charge in [0.05, 0.1) is 5.70 Å². The number of benzene rings is 2. The van der Waals surface area contributed by atoms with E-state index in [4.69, 9.17) is 0 Å². The molecule has 4 heteroatoms. The molecule has 27 heavy (non-hydrogen) atoms. The van der Waals surface area contributed by atoms with Crippen molar-refractivity contribution in [2.75, 3.05) is 6.54 Å². The molecule has 4 nitrogen and oxygen atoms in total. The summed E-state index contributed by atoms with van der Waals surface area (Å²) in [7, 11) is 0. The summed E-state index contributed by atoms with van der Waals surface area (Å²) in [6.45, 7) is 2.83. The van der Waals surface area contributed by atoms with Gasteiger partial charge >= 0.3 is 0 Å². The Kier molecular flexibility index (Phi) is 4.63. The Morgan fingerprint density at radius 1 is 0.963 bits per heavy atom. The molecule has 136 valence electrons. The number of hydrogen-bond donors (Lipinski definition) is 1. The van der Waals surface area contributed by atoms with Crippen molar-refractivity contribution < 1.29 is 4.79 Å². The number of allylic oxidation sites excluding steroid dienone is 2. The van der Waals surface area contributed by atoms with Crippen molar-refractivity contribution in [3.63, 3.8) is 0 Å². The first-order chi connectivity index (χ1) is 13.2. The summed E-state index contributed by atoms with van der Waals surface area (Å²) < 4.78 is 0. The minimum absolute atomic E-state index is 0.0828. The second kappa shape index (κ2) is 7.23. The molecule has 0 radical (unpaired) electrons. The Bertz CT molecular complexity index is 872. The van der Waals surface area contributed by atoms with Crippen LogP contribution >= 0.6 is 0 Å². The number of fused-ring (bicyclic) bond motifs is 1. The van der Waals surface area contributed by atoms with Crippen LogP contribution in [-0.2, 0) is 17.6 Å². The third kappa shape index (κ3) is 3.19. The molecular formula is C23H23N3O. The predicted molar refractivity (Wildman–Crippen MR) is 108 cm³/mol. The van der Waals surface area contributed by atoms with Crippen molar-refractivity contribution in [3.05, 3.63) is 95.8 Å². The van der Waals surface area contributed by atoms with E-state index in [9.17, 15) is 4.79 Å². The van der Waals surface area contributed by atoms with Crippen LogP contribution in [0.25, 0.3) is 0 Å². The second-order valence-electron chi connectivity index (χ2n) is 6.92. The highest BCUT2D eigenvalue weighted by Gasteiger charge is 2.50. The topological polar surface area (TPSA) is 44.7 Å². The van der Waals surface area contributed by atoms with Crippen molar-refractivity contribution in [3.8, 4) is 0 Å². The molecule has 0 atom stereocenters. The number of carbonyl (C=O) groups is 1. The van der Waals surface area contributed by atoms with Crippen LogP contribution in [0.1, 0.15) is 18.1 Å². The van der Waals surface area contributed by atoms with Gasteiger partial charge in [0.2, 0.25) is 0 Å². The van der Waals surface area contributed by atoms with Gasteiger partial charge in [-0.15, -0.1) is 0 Å². The van der Waals surface area contributed by atoms with Gasteiger partial charge in [-0.2, -0.15) is 4.99 Å². The quantitative estimate of drug-likeness (QED) is 0.861. The average Bonchev–Trinajstić information content (AvgIpc) is 2.96. The molecule has 0 aliphatic carbocycles. The van der Waals surface area contributed by atoms with Crippen molar-refractivity contribution in [1.29, 1.82) is 0 Å². The van der Waals surface area contributed by atoms with E-state index >= 15 is 0 Å². The fourth-order valence-electron chi connectivity index (χ4n) is 3.84. The molecule has 0 saturated heterocycles. The number of likely N-dealkylation sites (N-methyl/N-ethyl adjacent to an activating group) is 1. The molecule has 0 unspecified atom stereocenters. The molecule has 2 aromatic rings. The maximum absolute atomic E-state index is 13.3. The van der Waals surface area contributed by atoms with Gasteiger partial charge in [0.25, 0.3) is 5.91 Å². The Hall–Kier alpha value is -3.14. The van der Waals surface area contributed by atoms with E-state index < -0.39 is 5.54 Å². The lowest BCUT2D eigenvalue weighted by molar-refractivity contribution is -0.124. The third-order valence-corrected chi connectivity index (χ3v) is 5.08. The van der Waals surface area contributed by atoms with Gasteiger partial charge in [0, 0.05) is 25.6 Å². The number of rotatable bonds is 6. The van der Waals surface area contributed by atoms with Gasteiger partial charge in [-0.1, -0.05) is 60.7 Å². The number of hydrogen-bond acceptors (Lipinski definition) is 3. The van der Waals surface area contributed by atoms with E-state index in [0.717, 1.165) is 29.2 Å². The fourth-order valence-corrected chi connectivity index (χ4v) is 3.84. The van der Waals surface area contributed by atoms with Crippen LogP contribution in [0, 0.1) is 0 Å². The van der Waals surface area contributed by atoms with E-state index in [1.165, 1.54) is 0 Å². The molecule has 0 aromatic heterocycles. The number of carbonyl (C=O) groups excluding carboxylic acids is 1. The molecular weight excluding hydrogens is 334 g/mol. The third-order valence-electron chi connectivity index (χ3n) is 5.08. The van der Waals surface area contributed by atoms with Crippen molar-refractivity contribution >= 4 is 11.7 Å². The van der Waals surface area contributed by atoms with Crippen LogP contribution in [0.4, 0.5) is 0 Å². The average molecular weight is 357 g/mol. The Balaban J connectivity index is 1.76. The zero-order chi connectivity index (χ0) is 18.7. The van der Waals surface area contributed by atoms with Gasteiger partial charge in [0.15, 0.2) is 5.84 Å². The molecule has 0 bridgehead atoms.